The van der Waals surface area contributed by atoms with Gasteiger partial charge in [-0.3, -0.25) is 4.79 Å². The summed E-state index contributed by atoms with van der Waals surface area (Å²) >= 11 is 0. The third kappa shape index (κ3) is 3.67. The number of hydrogen-bond acceptors (Lipinski definition) is 9. The average molecular weight is 509 g/mol. The highest BCUT2D eigenvalue weighted by Gasteiger charge is 2.29. The van der Waals surface area contributed by atoms with Crippen molar-refractivity contribution in [2.75, 3.05) is 30.9 Å². The predicted octanol–water partition coefficient (Wildman–Crippen LogP) is 3.53. The lowest BCUT2D eigenvalue weighted by Crippen LogP contribution is -2.32. The summed E-state index contributed by atoms with van der Waals surface area (Å²) in [6, 6.07) is 15.0. The lowest BCUT2D eigenvalue weighted by molar-refractivity contribution is 0.102. The van der Waals surface area contributed by atoms with Crippen LogP contribution in [0.1, 0.15) is 29.4 Å². The van der Waals surface area contributed by atoms with Crippen LogP contribution in [0.3, 0.4) is 0 Å². The van der Waals surface area contributed by atoms with E-state index in [1.807, 2.05) is 41.1 Å². The summed E-state index contributed by atoms with van der Waals surface area (Å²) < 4.78 is 13.6. The van der Waals surface area contributed by atoms with Crippen molar-refractivity contribution in [2.45, 2.75) is 18.9 Å². The fourth-order valence-corrected chi connectivity index (χ4v) is 5.14. The molecule has 1 saturated heterocycles. The van der Waals surface area contributed by atoms with Crippen molar-refractivity contribution in [3.63, 3.8) is 0 Å². The van der Waals surface area contributed by atoms with Crippen LogP contribution >= 0.6 is 0 Å². The van der Waals surface area contributed by atoms with Gasteiger partial charge in [-0.1, -0.05) is 24.3 Å². The van der Waals surface area contributed by atoms with E-state index < -0.39 is 0 Å². The number of ether oxygens (including phenoxy) is 2. The molecule has 190 valence electrons. The van der Waals surface area contributed by atoms with Crippen LogP contribution in [0.15, 0.2) is 54.9 Å². The Bertz CT molecular complexity index is 1710. The number of amides is 1. The van der Waals surface area contributed by atoms with Gasteiger partial charge in [-0.05, 0) is 43.7 Å². The summed E-state index contributed by atoms with van der Waals surface area (Å²) in [4.78, 5) is 26.3. The first-order valence-electron chi connectivity index (χ1n) is 12.5. The van der Waals surface area contributed by atoms with Crippen molar-refractivity contribution >= 4 is 39.3 Å². The van der Waals surface area contributed by atoms with Gasteiger partial charge < -0.3 is 25.8 Å². The fraction of sp³-hybridized carbons (Fsp3) is 0.222. The number of nitrogen functional groups attached to an aromatic ring is 1. The molecule has 3 aromatic heterocycles. The Morgan fingerprint density at radius 2 is 1.97 bits per heavy atom. The first-order valence-corrected chi connectivity index (χ1v) is 12.5. The second-order valence-corrected chi connectivity index (χ2v) is 9.32. The maximum atomic E-state index is 13.1. The number of aromatic nitrogens is 5. The fourth-order valence-electron chi connectivity index (χ4n) is 5.14. The number of carbonyl (C=O) groups is 1. The van der Waals surface area contributed by atoms with Crippen molar-refractivity contribution in [1.29, 1.82) is 0 Å². The summed E-state index contributed by atoms with van der Waals surface area (Å²) in [5, 5.41) is 12.9. The Balaban J connectivity index is 1.28. The van der Waals surface area contributed by atoms with E-state index in [1.165, 1.54) is 6.33 Å². The van der Waals surface area contributed by atoms with Crippen molar-refractivity contribution in [3.05, 3.63) is 60.6 Å². The number of nitrogens with two attached hydrogens (primary N) is 1. The molecule has 4 N–H and O–H groups in total. The monoisotopic (exact) mass is 508 g/mol. The number of carbonyl (C=O) groups excluding carboxylic acids is 1. The van der Waals surface area contributed by atoms with Gasteiger partial charge in [-0.25, -0.2) is 19.6 Å². The molecule has 0 saturated carbocycles. The maximum absolute atomic E-state index is 13.1. The number of nitrogens with one attached hydrogen (secondary N) is 2. The van der Waals surface area contributed by atoms with Gasteiger partial charge in [0, 0.05) is 17.5 Å². The Morgan fingerprint density at radius 3 is 2.87 bits per heavy atom. The summed E-state index contributed by atoms with van der Waals surface area (Å²) in [6.07, 6.45) is 3.49. The number of para-hydroxylation sites is 1. The molecule has 0 unspecified atom stereocenters. The summed E-state index contributed by atoms with van der Waals surface area (Å²) in [5.41, 5.74) is 9.83. The molecule has 0 radical (unpaired) electrons. The summed E-state index contributed by atoms with van der Waals surface area (Å²) in [6.45, 7) is 1.80. The van der Waals surface area contributed by atoms with Crippen LogP contribution in [-0.2, 0) is 0 Å². The highest BCUT2D eigenvalue weighted by atomic mass is 16.7. The number of anilines is 2. The van der Waals surface area contributed by atoms with Gasteiger partial charge >= 0.3 is 0 Å². The first-order chi connectivity index (χ1) is 18.7. The highest BCUT2D eigenvalue weighted by Crippen LogP contribution is 2.48. The molecule has 2 aliphatic rings. The van der Waals surface area contributed by atoms with Crippen LogP contribution in [0.25, 0.3) is 33.2 Å². The molecule has 2 aromatic carbocycles. The minimum absolute atomic E-state index is 0.0145. The molecule has 0 aliphatic carbocycles. The largest absolute Gasteiger partial charge is 0.453 e. The molecular weight excluding hydrogens is 484 g/mol. The van der Waals surface area contributed by atoms with Crippen molar-refractivity contribution in [1.82, 2.24) is 30.0 Å². The molecule has 5 aromatic rings. The number of pyridine rings is 1. The van der Waals surface area contributed by atoms with Crippen molar-refractivity contribution in [2.24, 2.45) is 0 Å². The van der Waals surface area contributed by atoms with E-state index in [9.17, 15) is 4.79 Å². The molecular formula is C27H24N8O3. The Labute approximate surface area is 217 Å². The Hall–Kier alpha value is -4.77. The molecule has 0 spiro atoms. The highest BCUT2D eigenvalue weighted by molar-refractivity contribution is 6.06. The van der Waals surface area contributed by atoms with Gasteiger partial charge in [0.05, 0.1) is 22.6 Å². The number of piperidine rings is 1. The van der Waals surface area contributed by atoms with Gasteiger partial charge in [0.2, 0.25) is 6.79 Å². The number of benzene rings is 2. The second-order valence-electron chi connectivity index (χ2n) is 9.32. The van der Waals surface area contributed by atoms with Crippen molar-refractivity contribution in [3.8, 4) is 22.8 Å². The van der Waals surface area contributed by atoms with E-state index in [0.717, 1.165) is 36.8 Å². The normalized spacial score (nSPS) is 16.7. The van der Waals surface area contributed by atoms with Crippen molar-refractivity contribution < 1.29 is 14.3 Å². The number of hydrogen-bond donors (Lipinski definition) is 3. The van der Waals surface area contributed by atoms with Crippen LogP contribution in [-0.4, -0.2) is 50.5 Å². The zero-order valence-electron chi connectivity index (χ0n) is 20.3. The van der Waals surface area contributed by atoms with Gasteiger partial charge in [0.1, 0.15) is 23.5 Å². The lowest BCUT2D eigenvalue weighted by atomic mass is 10.1. The predicted molar refractivity (Wildman–Crippen MR) is 142 cm³/mol. The van der Waals surface area contributed by atoms with E-state index in [4.69, 9.17) is 20.3 Å². The molecule has 1 fully saturated rings. The molecule has 11 nitrogen and oxygen atoms in total. The van der Waals surface area contributed by atoms with E-state index >= 15 is 0 Å². The van der Waals surface area contributed by atoms with E-state index in [1.54, 1.807) is 12.1 Å². The van der Waals surface area contributed by atoms with Gasteiger partial charge in [0.15, 0.2) is 17.1 Å². The Morgan fingerprint density at radius 1 is 1.08 bits per heavy atom. The van der Waals surface area contributed by atoms with Gasteiger partial charge in [-0.15, -0.1) is 0 Å². The quantitative estimate of drug-likeness (QED) is 0.332. The molecule has 7 rings (SSSR count). The SMILES string of the molecule is Nc1ncnc2c1c(-c1ccc(NC(=O)c3ccc4ccccc4n3)c3c1OCO3)nn2[C@@H]1CCCNC1. The molecule has 38 heavy (non-hydrogen) atoms. The third-order valence-corrected chi connectivity index (χ3v) is 6.99. The van der Waals surface area contributed by atoms with Crippen LogP contribution in [0, 0.1) is 0 Å². The number of fused-ring (bicyclic) bond motifs is 3. The van der Waals surface area contributed by atoms with Crippen LogP contribution in [0.4, 0.5) is 11.5 Å². The molecule has 1 amide bonds. The minimum atomic E-state index is -0.349. The van der Waals surface area contributed by atoms with Crippen LogP contribution < -0.4 is 25.8 Å². The minimum Gasteiger partial charge on any atom is -0.453 e. The topological polar surface area (TPSA) is 142 Å². The lowest BCUT2D eigenvalue weighted by Gasteiger charge is -2.23. The smallest absolute Gasteiger partial charge is 0.274 e. The summed E-state index contributed by atoms with van der Waals surface area (Å²) in [7, 11) is 0. The van der Waals surface area contributed by atoms with Gasteiger partial charge in [0.25, 0.3) is 5.91 Å². The second kappa shape index (κ2) is 8.96. The van der Waals surface area contributed by atoms with E-state index in [0.29, 0.717) is 51.0 Å². The van der Waals surface area contributed by atoms with Gasteiger partial charge in [-0.2, -0.15) is 5.10 Å². The van der Waals surface area contributed by atoms with Crippen LogP contribution in [0.2, 0.25) is 0 Å². The molecule has 0 bridgehead atoms. The van der Waals surface area contributed by atoms with E-state index in [-0.39, 0.29) is 18.7 Å². The molecule has 1 atom stereocenters. The molecule has 5 heterocycles. The standard InChI is InChI=1S/C27H24N8O3/c28-25-21-22(34-35(26(21)31-13-30-25)16-5-3-11-29-12-16)17-8-10-19(24-23(17)37-14-38-24)33-27(36)20-9-7-15-4-1-2-6-18(15)32-20/h1-2,4,6-10,13,16,29H,3,5,11-12,14H2,(H,33,36)(H2,28,30,31)/t16-/m1/s1. The Kier molecular flexibility index (Phi) is 5.29. The molecule has 2 aliphatic heterocycles. The summed E-state index contributed by atoms with van der Waals surface area (Å²) in [5.74, 6) is 0.894. The average Bonchev–Trinajstić information content (AvgIpc) is 3.60. The first kappa shape index (κ1) is 22.4. The van der Waals surface area contributed by atoms with Crippen LogP contribution in [0.5, 0.6) is 11.5 Å². The molecule has 11 heteroatoms. The van der Waals surface area contributed by atoms with E-state index in [2.05, 4.69) is 25.6 Å². The zero-order valence-corrected chi connectivity index (χ0v) is 20.3. The number of nitrogens with zero attached hydrogens (tertiary/aromatic N) is 5. The maximum Gasteiger partial charge on any atom is 0.274 e. The zero-order chi connectivity index (χ0) is 25.6. The number of rotatable bonds is 4. The third-order valence-electron chi connectivity index (χ3n) is 6.99.